The normalized spacial score (nSPS) is 18.4. The van der Waals surface area contributed by atoms with Crippen LogP contribution in [0.1, 0.15) is 112 Å². The summed E-state index contributed by atoms with van der Waals surface area (Å²) in [5.41, 5.74) is -0.860. The second-order valence-corrected chi connectivity index (χ2v) is 22.9. The zero-order chi connectivity index (χ0) is 55.8. The molecule has 6 atom stereocenters. The van der Waals surface area contributed by atoms with Gasteiger partial charge in [-0.1, -0.05) is 72.8 Å². The molecule has 22 heteroatoms. The third kappa shape index (κ3) is 14.5. The molecular weight excluding hydrogens is 1030 g/mol. The molecule has 0 radical (unpaired) electrons. The number of thiophene rings is 1. The Bertz CT molecular complexity index is 3170. The van der Waals surface area contributed by atoms with Crippen LogP contribution in [-0.2, 0) is 55.9 Å². The van der Waals surface area contributed by atoms with Crippen molar-refractivity contribution in [1.82, 2.24) is 31.5 Å². The Morgan fingerprint density at radius 3 is 2.17 bits per heavy atom. The van der Waals surface area contributed by atoms with Crippen LogP contribution in [-0.4, -0.2) is 124 Å². The summed E-state index contributed by atoms with van der Waals surface area (Å²) < 4.78 is 39.6. The van der Waals surface area contributed by atoms with Crippen molar-refractivity contribution in [3.8, 4) is 5.75 Å². The van der Waals surface area contributed by atoms with Crippen LogP contribution < -0.4 is 31.3 Å². The predicted octanol–water partition coefficient (Wildman–Crippen LogP) is 5.22. The summed E-state index contributed by atoms with van der Waals surface area (Å²) in [5.74, 6) is -7.89. The van der Waals surface area contributed by atoms with Gasteiger partial charge in [-0.15, -0.1) is 11.3 Å². The number of fused-ring (bicyclic) bond motifs is 2. The number of carboxylic acid groups (broad SMARTS) is 2. The topological polar surface area (TPSA) is 304 Å². The first kappa shape index (κ1) is 57.3. The maximum Gasteiger partial charge on any atom is 0.303 e. The van der Waals surface area contributed by atoms with Gasteiger partial charge in [0.05, 0.1) is 12.2 Å². The van der Waals surface area contributed by atoms with E-state index in [2.05, 4.69) is 26.6 Å². The minimum atomic E-state index is -4.38. The molecule has 20 nitrogen and oxygen atoms in total. The van der Waals surface area contributed by atoms with Crippen molar-refractivity contribution in [2.45, 2.75) is 132 Å². The molecule has 77 heavy (non-hydrogen) atoms. The molecule has 2 aliphatic rings. The lowest BCUT2D eigenvalue weighted by Crippen LogP contribution is -2.60. The number of carbonyl (C=O) groups is 8. The molecule has 1 saturated carbocycles. The molecule has 0 spiro atoms. The van der Waals surface area contributed by atoms with Gasteiger partial charge in [0, 0.05) is 42.0 Å². The highest BCUT2D eigenvalue weighted by atomic mass is 32.2. The summed E-state index contributed by atoms with van der Waals surface area (Å²) in [4.78, 5) is 112. The Morgan fingerprint density at radius 1 is 0.805 bits per heavy atom. The van der Waals surface area contributed by atoms with Crippen molar-refractivity contribution in [3.05, 3.63) is 113 Å². The van der Waals surface area contributed by atoms with E-state index in [4.69, 9.17) is 4.74 Å². The highest BCUT2D eigenvalue weighted by Gasteiger charge is 2.62. The number of aliphatic carboxylic acids is 2. The van der Waals surface area contributed by atoms with Gasteiger partial charge in [-0.25, -0.2) is 0 Å². The van der Waals surface area contributed by atoms with Crippen molar-refractivity contribution < 1.29 is 66.3 Å². The lowest BCUT2D eigenvalue weighted by atomic mass is 10.00. The molecule has 1 aliphatic heterocycles. The van der Waals surface area contributed by atoms with E-state index < -0.39 is 117 Å². The molecule has 1 unspecified atom stereocenters. The molecule has 1 saturated heterocycles. The molecule has 5 aromatic rings. The fraction of sp³-hybridized carbons (Fsp3) is 0.418. The van der Waals surface area contributed by atoms with Gasteiger partial charge in [0.15, 0.2) is 0 Å². The van der Waals surface area contributed by atoms with Gasteiger partial charge >= 0.3 is 11.9 Å². The Labute approximate surface area is 449 Å². The zero-order valence-electron chi connectivity index (χ0n) is 43.1. The Balaban J connectivity index is 1.17. The molecule has 6 amide bonds. The summed E-state index contributed by atoms with van der Waals surface area (Å²) in [6, 6.07) is 18.8. The summed E-state index contributed by atoms with van der Waals surface area (Å²) in [6.45, 7) is 7.23. The van der Waals surface area contributed by atoms with Crippen LogP contribution in [0.15, 0.2) is 90.3 Å². The molecule has 0 bridgehead atoms. The maximum absolute atomic E-state index is 15.0. The van der Waals surface area contributed by atoms with E-state index in [1.165, 1.54) is 28.4 Å². The molecule has 4 aromatic carbocycles. The first-order valence-electron chi connectivity index (χ1n) is 25.4. The number of amides is 6. The molecule has 2 heterocycles. The average Bonchev–Trinajstić information content (AvgIpc) is 3.72. The van der Waals surface area contributed by atoms with E-state index in [1.807, 2.05) is 29.6 Å². The van der Waals surface area contributed by atoms with Crippen molar-refractivity contribution in [2.24, 2.45) is 0 Å². The van der Waals surface area contributed by atoms with Crippen LogP contribution in [0.2, 0.25) is 0 Å². The van der Waals surface area contributed by atoms with Crippen LogP contribution in [0, 0.1) is 0 Å². The van der Waals surface area contributed by atoms with Gasteiger partial charge in [-0.3, -0.25) is 42.9 Å². The summed E-state index contributed by atoms with van der Waals surface area (Å²) >= 11 is 1.43. The van der Waals surface area contributed by atoms with Crippen LogP contribution >= 0.6 is 11.3 Å². The summed E-state index contributed by atoms with van der Waals surface area (Å²) in [7, 11) is -4.38. The monoisotopic (exact) mass is 1100 g/mol. The van der Waals surface area contributed by atoms with Crippen molar-refractivity contribution >= 4 is 89.7 Å². The van der Waals surface area contributed by atoms with Gasteiger partial charge in [-0.2, -0.15) is 8.42 Å². The number of likely N-dealkylation sites (tertiary alicyclic amines) is 1. The molecule has 410 valence electrons. The summed E-state index contributed by atoms with van der Waals surface area (Å²) in [5, 5.41) is 37.2. The third-order valence-corrected chi connectivity index (χ3v) is 15.3. The van der Waals surface area contributed by atoms with Gasteiger partial charge in [0.2, 0.25) is 29.5 Å². The lowest BCUT2D eigenvalue weighted by Gasteiger charge is -2.31. The second kappa shape index (κ2) is 24.3. The summed E-state index contributed by atoms with van der Waals surface area (Å²) in [6.07, 6.45) is -0.831. The van der Waals surface area contributed by atoms with E-state index in [9.17, 15) is 56.7 Å². The fourth-order valence-electron chi connectivity index (χ4n) is 9.85. The second-order valence-electron chi connectivity index (χ2n) is 20.5. The van der Waals surface area contributed by atoms with Gasteiger partial charge in [0.1, 0.15) is 41.2 Å². The van der Waals surface area contributed by atoms with Crippen molar-refractivity contribution in [2.75, 3.05) is 13.2 Å². The number of carbonyl (C=O) groups excluding carboxylic acids is 6. The van der Waals surface area contributed by atoms with Crippen LogP contribution in [0.25, 0.3) is 20.9 Å². The first-order chi connectivity index (χ1) is 36.5. The maximum atomic E-state index is 15.0. The molecule has 1 aromatic heterocycles. The predicted molar refractivity (Wildman–Crippen MR) is 287 cm³/mol. The number of benzene rings is 4. The Hall–Kier alpha value is -7.43. The number of ether oxygens (including phenoxy) is 1. The van der Waals surface area contributed by atoms with E-state index >= 15 is 4.79 Å². The average molecular weight is 1100 g/mol. The minimum Gasteiger partial charge on any atom is -0.493 e. The smallest absolute Gasteiger partial charge is 0.303 e. The van der Waals surface area contributed by atoms with Gasteiger partial charge < -0.3 is 46.4 Å². The number of nitrogens with one attached hydrogen (secondary N) is 5. The van der Waals surface area contributed by atoms with Crippen LogP contribution in [0.3, 0.4) is 0 Å². The number of carboxylic acids is 2. The molecule has 2 fully saturated rings. The fourth-order valence-corrected chi connectivity index (χ4v) is 11.4. The number of nitrogens with zero attached hydrogens (tertiary/aromatic N) is 1. The molecule has 8 N–H and O–H groups in total. The number of rotatable bonds is 24. The van der Waals surface area contributed by atoms with Crippen molar-refractivity contribution in [3.63, 3.8) is 0 Å². The third-order valence-electron chi connectivity index (χ3n) is 13.6. The zero-order valence-corrected chi connectivity index (χ0v) is 44.8. The Morgan fingerprint density at radius 2 is 1.49 bits per heavy atom. The lowest BCUT2D eigenvalue weighted by molar-refractivity contribution is -0.143. The van der Waals surface area contributed by atoms with Gasteiger partial charge in [0.25, 0.3) is 16.0 Å². The quantitative estimate of drug-likeness (QED) is 0.0368. The van der Waals surface area contributed by atoms with Crippen LogP contribution in [0.5, 0.6) is 5.75 Å². The molecule has 7 rings (SSSR count). The Kier molecular flexibility index (Phi) is 18.1. The number of hydrogen-bond acceptors (Lipinski definition) is 12. The minimum absolute atomic E-state index is 0.00725. The highest BCUT2D eigenvalue weighted by molar-refractivity contribution is 7.85. The largest absolute Gasteiger partial charge is 0.493 e. The standard InChI is InChI=1S/C55H64N6O14S2/c1-5-75-43-25-23-33-12-6-7-14-37(33)47(43)51(69)60-55(29-38(55)34-21-19-32(20-22-34)31-77(72,73)74)53(71)58-40(24-26-46(64)65)52(70)61-27-11-16-42(61)50(68)57-41(28-35-30-76-44-17-9-8-13-36(35)44)48(66)56-39(15-10-18-45(62)63)49(67)59-54(2,3)4/h6-9,12-14,17,19-23,25,30,38-42H,5,10-11,15-16,18,24,26-29,31H2,1-4H3,(H,56,66)(H,57,68)(H,58,71)(H,59,67)(H,60,69)(H,62,63)(H,64,65)(H,72,73,74)/t38-,39-,40-,41-,42-,55?/m0/s1. The number of hydrogen-bond donors (Lipinski definition) is 8. The van der Waals surface area contributed by atoms with Crippen LogP contribution in [0.4, 0.5) is 0 Å². The SMILES string of the molecule is CCOc1ccc2ccccc2c1C(=O)NC1(C(=O)N[C@@H](CCC(=O)O)C(=O)N2CCC[C@H]2C(=O)N[C@@H](Cc2csc3ccccc23)C(=O)N[C@@H](CCCC(=O)O)C(=O)NC(C)(C)C)C[C@H]1c1ccc(CS(=O)(=O)O)cc1. The van der Waals surface area contributed by atoms with Gasteiger partial charge in [-0.05, 0) is 117 Å². The van der Waals surface area contributed by atoms with E-state index in [0.29, 0.717) is 28.3 Å². The van der Waals surface area contributed by atoms with E-state index in [0.717, 1.165) is 10.1 Å². The molecule has 1 aliphatic carbocycles. The first-order valence-corrected chi connectivity index (χ1v) is 27.9. The van der Waals surface area contributed by atoms with Crippen molar-refractivity contribution in [1.29, 1.82) is 0 Å². The van der Waals surface area contributed by atoms with E-state index in [-0.39, 0.29) is 68.6 Å². The molecular formula is C55H64N6O14S2. The highest BCUT2D eigenvalue weighted by Crippen LogP contribution is 2.52. The van der Waals surface area contributed by atoms with E-state index in [1.54, 1.807) is 76.2 Å².